The lowest BCUT2D eigenvalue weighted by molar-refractivity contribution is -0.139. The molecule has 2 aliphatic rings. The van der Waals surface area contributed by atoms with Crippen molar-refractivity contribution in [3.8, 4) is 0 Å². The van der Waals surface area contributed by atoms with Gasteiger partial charge in [-0.25, -0.2) is 14.2 Å². The molecule has 3 rings (SSSR count). The van der Waals surface area contributed by atoms with Crippen LogP contribution in [0.25, 0.3) is 0 Å². The summed E-state index contributed by atoms with van der Waals surface area (Å²) in [5, 5.41) is 0.917. The largest absolute Gasteiger partial charge is 0.463 e. The molecule has 1 atom stereocenters. The Labute approximate surface area is 133 Å². The Kier molecular flexibility index (Phi) is 4.20. The number of amidine groups is 1. The highest BCUT2D eigenvalue weighted by Crippen LogP contribution is 2.40. The zero-order chi connectivity index (χ0) is 15.7. The van der Waals surface area contributed by atoms with Gasteiger partial charge in [0.2, 0.25) is 0 Å². The Hall–Kier alpha value is -1.82. The first-order valence-electron chi connectivity index (χ1n) is 7.23. The van der Waals surface area contributed by atoms with Gasteiger partial charge >= 0.3 is 5.97 Å². The number of nitrogens with zero attached hydrogens (tertiary/aromatic N) is 2. The van der Waals surface area contributed by atoms with Gasteiger partial charge in [-0.05, 0) is 31.5 Å². The second kappa shape index (κ2) is 6.12. The molecule has 0 unspecified atom stereocenters. The maximum atomic E-state index is 13.2. The number of hydrogen-bond donors (Lipinski definition) is 0. The molecule has 0 aromatic heterocycles. The zero-order valence-corrected chi connectivity index (χ0v) is 13.3. The van der Waals surface area contributed by atoms with Crippen LogP contribution in [0.5, 0.6) is 0 Å². The highest BCUT2D eigenvalue weighted by molar-refractivity contribution is 8.14. The summed E-state index contributed by atoms with van der Waals surface area (Å²) in [5.41, 5.74) is 2.09. The monoisotopic (exact) mass is 320 g/mol. The fraction of sp³-hybridized carbons (Fsp3) is 0.375. The lowest BCUT2D eigenvalue weighted by Crippen LogP contribution is -2.36. The molecule has 2 heterocycles. The van der Waals surface area contributed by atoms with E-state index >= 15 is 0 Å². The summed E-state index contributed by atoms with van der Waals surface area (Å²) in [6.45, 7) is 4.73. The zero-order valence-electron chi connectivity index (χ0n) is 12.5. The highest BCUT2D eigenvalue weighted by Gasteiger charge is 2.38. The number of rotatable bonds is 3. The summed E-state index contributed by atoms with van der Waals surface area (Å²) in [6, 6.07) is 6.02. The van der Waals surface area contributed by atoms with E-state index in [9.17, 15) is 9.18 Å². The first-order chi connectivity index (χ1) is 10.6. The van der Waals surface area contributed by atoms with Crippen molar-refractivity contribution in [2.45, 2.75) is 19.9 Å². The fourth-order valence-corrected chi connectivity index (χ4v) is 3.80. The second-order valence-corrected chi connectivity index (χ2v) is 6.17. The van der Waals surface area contributed by atoms with Gasteiger partial charge in [-0.3, -0.25) is 0 Å². The molecule has 22 heavy (non-hydrogen) atoms. The molecule has 4 nitrogen and oxygen atoms in total. The summed E-state index contributed by atoms with van der Waals surface area (Å²) < 4.78 is 18.4. The highest BCUT2D eigenvalue weighted by atomic mass is 32.2. The third-order valence-corrected chi connectivity index (χ3v) is 4.70. The maximum absolute atomic E-state index is 13.2. The molecule has 0 spiro atoms. The molecule has 116 valence electrons. The van der Waals surface area contributed by atoms with Crippen LogP contribution in [-0.2, 0) is 9.53 Å². The van der Waals surface area contributed by atoms with Crippen LogP contribution >= 0.6 is 11.8 Å². The molecule has 0 aliphatic carbocycles. The minimum absolute atomic E-state index is 0.262. The van der Waals surface area contributed by atoms with Crippen LogP contribution in [0.1, 0.15) is 25.5 Å². The van der Waals surface area contributed by atoms with Crippen LogP contribution in [0.3, 0.4) is 0 Å². The molecule has 0 bridgehead atoms. The third-order valence-electron chi connectivity index (χ3n) is 3.73. The van der Waals surface area contributed by atoms with Crippen LogP contribution in [0.15, 0.2) is 40.5 Å². The topological polar surface area (TPSA) is 41.9 Å². The van der Waals surface area contributed by atoms with Crippen molar-refractivity contribution >= 4 is 22.9 Å². The summed E-state index contributed by atoms with van der Waals surface area (Å²) in [4.78, 5) is 19.0. The van der Waals surface area contributed by atoms with E-state index in [-0.39, 0.29) is 17.8 Å². The summed E-state index contributed by atoms with van der Waals surface area (Å²) >= 11 is 1.67. The van der Waals surface area contributed by atoms with E-state index in [2.05, 4.69) is 9.89 Å². The van der Waals surface area contributed by atoms with Crippen LogP contribution in [-0.4, -0.2) is 34.9 Å². The van der Waals surface area contributed by atoms with Crippen molar-refractivity contribution in [1.29, 1.82) is 0 Å². The quantitative estimate of drug-likeness (QED) is 0.803. The number of benzene rings is 1. The smallest absolute Gasteiger partial charge is 0.338 e. The minimum Gasteiger partial charge on any atom is -0.463 e. The van der Waals surface area contributed by atoms with Crippen LogP contribution in [0.2, 0.25) is 0 Å². The van der Waals surface area contributed by atoms with E-state index in [4.69, 9.17) is 4.74 Å². The van der Waals surface area contributed by atoms with Crippen molar-refractivity contribution in [2.75, 3.05) is 18.9 Å². The summed E-state index contributed by atoms with van der Waals surface area (Å²) in [5.74, 6) is 0.288. The minimum atomic E-state index is -0.353. The third kappa shape index (κ3) is 2.63. The van der Waals surface area contributed by atoms with Crippen molar-refractivity contribution in [3.63, 3.8) is 0 Å². The van der Waals surface area contributed by atoms with Gasteiger partial charge in [-0.1, -0.05) is 23.9 Å². The van der Waals surface area contributed by atoms with Gasteiger partial charge in [-0.2, -0.15) is 0 Å². The standard InChI is InChI=1S/C16H17FN2O2S/c1-3-21-15(20)13-10(2)18-16-19(8-9-22-16)14(13)11-4-6-12(17)7-5-11/h4-7,14H,3,8-9H2,1-2H3/t14-/m0/s1. The average Bonchev–Trinajstić information content (AvgIpc) is 2.94. The number of esters is 1. The van der Waals surface area contributed by atoms with Crippen molar-refractivity contribution in [1.82, 2.24) is 4.90 Å². The second-order valence-electron chi connectivity index (χ2n) is 5.11. The molecule has 1 fully saturated rings. The van der Waals surface area contributed by atoms with Crippen LogP contribution < -0.4 is 0 Å². The number of aliphatic imine (C=N–C) groups is 1. The number of thioether (sulfide) groups is 1. The molecule has 0 amide bonds. The number of carbonyl (C=O) groups is 1. The Balaban J connectivity index is 2.07. The van der Waals surface area contributed by atoms with Crippen LogP contribution in [0.4, 0.5) is 4.39 Å². The molecule has 1 aromatic rings. The lowest BCUT2D eigenvalue weighted by atomic mass is 9.94. The van der Waals surface area contributed by atoms with Crippen molar-refractivity contribution in [3.05, 3.63) is 46.9 Å². The van der Waals surface area contributed by atoms with Gasteiger partial charge in [0.25, 0.3) is 0 Å². The van der Waals surface area contributed by atoms with Gasteiger partial charge in [-0.15, -0.1) is 0 Å². The molecule has 0 saturated carbocycles. The molecule has 1 aromatic carbocycles. The fourth-order valence-electron chi connectivity index (χ4n) is 2.77. The molecule has 6 heteroatoms. The number of hydrogen-bond acceptors (Lipinski definition) is 5. The first-order valence-corrected chi connectivity index (χ1v) is 8.22. The van der Waals surface area contributed by atoms with Gasteiger partial charge in [0.1, 0.15) is 5.82 Å². The van der Waals surface area contributed by atoms with E-state index in [1.54, 1.807) is 30.8 Å². The SMILES string of the molecule is CCOC(=O)C1=C(C)N=C2SCCN2[C@H]1c1ccc(F)cc1. The van der Waals surface area contributed by atoms with Gasteiger partial charge in [0.05, 0.1) is 23.9 Å². The van der Waals surface area contributed by atoms with Crippen LogP contribution in [0, 0.1) is 5.82 Å². The maximum Gasteiger partial charge on any atom is 0.338 e. The van der Waals surface area contributed by atoms with Crippen molar-refractivity contribution < 1.29 is 13.9 Å². The first kappa shape index (κ1) is 15.1. The number of carbonyl (C=O) groups excluding carboxylic acids is 1. The lowest BCUT2D eigenvalue weighted by Gasteiger charge is -2.34. The predicted octanol–water partition coefficient (Wildman–Crippen LogP) is 3.12. The van der Waals surface area contributed by atoms with E-state index < -0.39 is 0 Å². The number of allylic oxidation sites excluding steroid dienone is 1. The van der Waals surface area contributed by atoms with Gasteiger partial charge in [0.15, 0.2) is 5.17 Å². The average molecular weight is 320 g/mol. The molecular weight excluding hydrogens is 303 g/mol. The number of ether oxygens (including phenoxy) is 1. The van der Waals surface area contributed by atoms with Gasteiger partial charge in [0, 0.05) is 12.3 Å². The van der Waals surface area contributed by atoms with Crippen molar-refractivity contribution in [2.24, 2.45) is 4.99 Å². The molecule has 0 radical (unpaired) electrons. The Bertz CT molecular complexity index is 655. The predicted molar refractivity (Wildman–Crippen MR) is 85.1 cm³/mol. The number of fused-ring (bicyclic) bond motifs is 1. The Morgan fingerprint density at radius 1 is 1.45 bits per heavy atom. The Morgan fingerprint density at radius 3 is 2.86 bits per heavy atom. The van der Waals surface area contributed by atoms with E-state index in [1.165, 1.54) is 12.1 Å². The van der Waals surface area contributed by atoms with E-state index in [0.29, 0.717) is 17.9 Å². The summed E-state index contributed by atoms with van der Waals surface area (Å²) in [6.07, 6.45) is 0. The molecule has 0 N–H and O–H groups in total. The molecular formula is C16H17FN2O2S. The van der Waals surface area contributed by atoms with Gasteiger partial charge < -0.3 is 9.64 Å². The van der Waals surface area contributed by atoms with E-state index in [1.807, 2.05) is 6.92 Å². The number of halogens is 1. The molecule has 1 saturated heterocycles. The Morgan fingerprint density at radius 2 is 2.18 bits per heavy atom. The molecule has 2 aliphatic heterocycles. The van der Waals surface area contributed by atoms with E-state index in [0.717, 1.165) is 23.0 Å². The summed E-state index contributed by atoms with van der Waals surface area (Å²) in [7, 11) is 0. The normalized spacial score (nSPS) is 20.8.